The van der Waals surface area contributed by atoms with Crippen molar-refractivity contribution in [2.24, 2.45) is 0 Å². The smallest absolute Gasteiger partial charge is 0.179 e. The molecule has 2 rings (SSSR count). The van der Waals surface area contributed by atoms with Gasteiger partial charge in [0.25, 0.3) is 0 Å². The Kier molecular flexibility index (Phi) is 5.16. The number of carbonyl (C=O) groups is 1. The van der Waals surface area contributed by atoms with E-state index in [9.17, 15) is 4.79 Å². The van der Waals surface area contributed by atoms with Crippen molar-refractivity contribution in [1.29, 1.82) is 0 Å². The topological polar surface area (TPSA) is 20.3 Å². The number of thioether (sulfide) groups is 1. The predicted molar refractivity (Wildman–Crippen MR) is 88.0 cm³/mol. The molecule has 0 aromatic heterocycles. The number of hydrogen-bond acceptors (Lipinski definition) is 3. The number of benzene rings is 1. The molecule has 0 saturated carbocycles. The third-order valence-corrected chi connectivity index (χ3v) is 5.55. The van der Waals surface area contributed by atoms with E-state index >= 15 is 0 Å². The summed E-state index contributed by atoms with van der Waals surface area (Å²) in [6.45, 7) is 8.55. The summed E-state index contributed by atoms with van der Waals surface area (Å²) in [5.41, 5.74) is 0.748. The van der Waals surface area contributed by atoms with Crippen molar-refractivity contribution in [2.75, 3.05) is 18.8 Å². The second kappa shape index (κ2) is 6.50. The predicted octanol–water partition coefficient (Wildman–Crippen LogP) is 4.13. The van der Waals surface area contributed by atoms with Crippen LogP contribution in [0.1, 0.15) is 37.6 Å². The molecule has 110 valence electrons. The van der Waals surface area contributed by atoms with Crippen LogP contribution >= 0.6 is 23.4 Å². The molecule has 1 saturated heterocycles. The molecular formula is C16H22ClNOS. The van der Waals surface area contributed by atoms with Gasteiger partial charge in [0.2, 0.25) is 0 Å². The van der Waals surface area contributed by atoms with Crippen molar-refractivity contribution < 1.29 is 4.79 Å². The first-order chi connectivity index (χ1) is 9.39. The molecule has 0 bridgehead atoms. The average Bonchev–Trinajstić information content (AvgIpc) is 2.59. The van der Waals surface area contributed by atoms with Crippen LogP contribution in [0.25, 0.3) is 0 Å². The molecule has 1 heterocycles. The molecule has 1 fully saturated rings. The van der Waals surface area contributed by atoms with Gasteiger partial charge in [0, 0.05) is 34.2 Å². The Morgan fingerprint density at radius 2 is 1.95 bits per heavy atom. The minimum atomic E-state index is -0.0642. The van der Waals surface area contributed by atoms with E-state index in [2.05, 4.69) is 18.7 Å². The molecule has 1 unspecified atom stereocenters. The number of rotatable bonds is 3. The molecule has 1 atom stereocenters. The molecule has 20 heavy (non-hydrogen) atoms. The molecule has 0 radical (unpaired) electrons. The Bertz CT molecular complexity index is 472. The minimum absolute atomic E-state index is 0.0642. The maximum atomic E-state index is 12.5. The monoisotopic (exact) mass is 311 g/mol. The van der Waals surface area contributed by atoms with E-state index in [1.165, 1.54) is 0 Å². The quantitative estimate of drug-likeness (QED) is 0.783. The fraction of sp³-hybridized carbons (Fsp3) is 0.562. The van der Waals surface area contributed by atoms with Gasteiger partial charge in [0.15, 0.2) is 5.78 Å². The largest absolute Gasteiger partial charge is 0.293 e. The molecule has 1 aromatic rings. The number of hydrogen-bond donors (Lipinski definition) is 0. The summed E-state index contributed by atoms with van der Waals surface area (Å²) in [4.78, 5) is 14.8. The molecule has 4 heteroatoms. The van der Waals surface area contributed by atoms with Crippen molar-refractivity contribution in [1.82, 2.24) is 4.90 Å². The van der Waals surface area contributed by atoms with E-state index in [0.29, 0.717) is 9.77 Å². The maximum Gasteiger partial charge on any atom is 0.179 e. The van der Waals surface area contributed by atoms with E-state index in [1.54, 1.807) is 12.1 Å². The fourth-order valence-electron chi connectivity index (χ4n) is 2.44. The van der Waals surface area contributed by atoms with Crippen molar-refractivity contribution in [2.45, 2.75) is 38.0 Å². The van der Waals surface area contributed by atoms with Crippen LogP contribution in [0.2, 0.25) is 5.02 Å². The van der Waals surface area contributed by atoms with Gasteiger partial charge in [-0.1, -0.05) is 25.4 Å². The maximum absolute atomic E-state index is 12.5. The van der Waals surface area contributed by atoms with Crippen LogP contribution in [0, 0.1) is 0 Å². The van der Waals surface area contributed by atoms with Gasteiger partial charge in [-0.2, -0.15) is 11.8 Å². The molecule has 1 aromatic carbocycles. The third kappa shape index (κ3) is 4.00. The lowest BCUT2D eigenvalue weighted by molar-refractivity contribution is 0.0844. The third-order valence-electron chi connectivity index (χ3n) is 3.93. The first-order valence-electron chi connectivity index (χ1n) is 7.07. The van der Waals surface area contributed by atoms with Gasteiger partial charge in [-0.05, 0) is 37.6 Å². The Morgan fingerprint density at radius 3 is 2.60 bits per heavy atom. The zero-order chi connectivity index (χ0) is 14.8. The number of Topliss-reactive ketones (excluding diaryl/α,β-unsaturated/α-hetero) is 1. The molecule has 0 amide bonds. The number of halogens is 1. The highest BCUT2D eigenvalue weighted by Gasteiger charge is 2.28. The van der Waals surface area contributed by atoms with Gasteiger partial charge >= 0.3 is 0 Å². The summed E-state index contributed by atoms with van der Waals surface area (Å²) in [6.07, 6.45) is 1.12. The number of carbonyl (C=O) groups excluding carboxylic acids is 1. The summed E-state index contributed by atoms with van der Waals surface area (Å²) in [5.74, 6) is 1.27. The van der Waals surface area contributed by atoms with Crippen molar-refractivity contribution in [3.63, 3.8) is 0 Å². The van der Waals surface area contributed by atoms with E-state index in [1.807, 2.05) is 30.8 Å². The van der Waals surface area contributed by atoms with Crippen LogP contribution in [0.3, 0.4) is 0 Å². The Labute approximate surface area is 130 Å². The molecule has 2 nitrogen and oxygen atoms in total. The van der Waals surface area contributed by atoms with E-state index in [-0.39, 0.29) is 11.8 Å². The van der Waals surface area contributed by atoms with Crippen molar-refractivity contribution in [3.05, 3.63) is 34.9 Å². The number of nitrogens with zero attached hydrogens (tertiary/aromatic N) is 1. The highest BCUT2D eigenvalue weighted by Crippen LogP contribution is 2.31. The molecule has 1 aliphatic heterocycles. The average molecular weight is 312 g/mol. The SMILES string of the molecule is CC(C(=O)c1ccc(Cl)cc1)N1CCSC(C)(C)CC1. The van der Waals surface area contributed by atoms with Crippen molar-refractivity contribution in [3.8, 4) is 0 Å². The van der Waals surface area contributed by atoms with Gasteiger partial charge < -0.3 is 0 Å². The summed E-state index contributed by atoms with van der Waals surface area (Å²) < 4.78 is 0.317. The van der Waals surface area contributed by atoms with E-state index in [0.717, 1.165) is 30.8 Å². The van der Waals surface area contributed by atoms with Crippen LogP contribution in [-0.2, 0) is 0 Å². The second-order valence-electron chi connectivity index (χ2n) is 5.94. The zero-order valence-corrected chi connectivity index (χ0v) is 13.9. The first-order valence-corrected chi connectivity index (χ1v) is 8.43. The summed E-state index contributed by atoms with van der Waals surface area (Å²) in [7, 11) is 0. The lowest BCUT2D eigenvalue weighted by atomic mass is 10.0. The summed E-state index contributed by atoms with van der Waals surface area (Å²) >= 11 is 7.87. The highest BCUT2D eigenvalue weighted by molar-refractivity contribution is 8.00. The van der Waals surface area contributed by atoms with E-state index < -0.39 is 0 Å². The standard InChI is InChI=1S/C16H22ClNOS/c1-12(15(19)13-4-6-14(17)7-5-13)18-9-8-16(2,3)20-11-10-18/h4-7,12H,8-11H2,1-3H3. The molecular weight excluding hydrogens is 290 g/mol. The lowest BCUT2D eigenvalue weighted by Crippen LogP contribution is -2.40. The molecule has 0 N–H and O–H groups in total. The summed E-state index contributed by atoms with van der Waals surface area (Å²) in [6, 6.07) is 7.13. The normalized spacial score (nSPS) is 21.2. The van der Waals surface area contributed by atoms with Crippen LogP contribution in [0.15, 0.2) is 24.3 Å². The van der Waals surface area contributed by atoms with Gasteiger partial charge in [-0.15, -0.1) is 0 Å². The molecule has 0 spiro atoms. The van der Waals surface area contributed by atoms with Gasteiger partial charge in [-0.25, -0.2) is 0 Å². The van der Waals surface area contributed by atoms with Gasteiger partial charge in [-0.3, -0.25) is 9.69 Å². The first kappa shape index (κ1) is 15.9. The van der Waals surface area contributed by atoms with Crippen LogP contribution in [-0.4, -0.2) is 40.3 Å². The van der Waals surface area contributed by atoms with E-state index in [4.69, 9.17) is 11.6 Å². The second-order valence-corrected chi connectivity index (χ2v) is 8.18. The van der Waals surface area contributed by atoms with Crippen molar-refractivity contribution >= 4 is 29.1 Å². The Morgan fingerprint density at radius 1 is 1.30 bits per heavy atom. The zero-order valence-electron chi connectivity index (χ0n) is 12.4. The van der Waals surface area contributed by atoms with Crippen LogP contribution in [0.5, 0.6) is 0 Å². The highest BCUT2D eigenvalue weighted by atomic mass is 35.5. The lowest BCUT2D eigenvalue weighted by Gasteiger charge is -2.27. The molecule has 0 aliphatic carbocycles. The number of ketones is 1. The van der Waals surface area contributed by atoms with Gasteiger partial charge in [0.05, 0.1) is 6.04 Å². The van der Waals surface area contributed by atoms with Crippen LogP contribution in [0.4, 0.5) is 0 Å². The Hall–Kier alpha value is -0.510. The molecule has 1 aliphatic rings. The summed E-state index contributed by atoms with van der Waals surface area (Å²) in [5, 5.41) is 0.669. The fourth-order valence-corrected chi connectivity index (χ4v) is 3.68. The van der Waals surface area contributed by atoms with Gasteiger partial charge in [0.1, 0.15) is 0 Å². The minimum Gasteiger partial charge on any atom is -0.293 e. The van der Waals surface area contributed by atoms with Crippen LogP contribution < -0.4 is 0 Å². The Balaban J connectivity index is 2.05.